The van der Waals surface area contributed by atoms with Crippen molar-refractivity contribution < 1.29 is 9.31 Å². The number of hydrogen-bond donors (Lipinski definition) is 0. The Hall–Kier alpha value is -4.72. The lowest BCUT2D eigenvalue weighted by Crippen LogP contribution is -2.41. The summed E-state index contributed by atoms with van der Waals surface area (Å²) < 4.78 is 13.8. The normalized spacial score (nSPS) is 17.7. The van der Waals surface area contributed by atoms with E-state index in [0.717, 1.165) is 10.5 Å². The van der Waals surface area contributed by atoms with Crippen molar-refractivity contribution in [1.82, 2.24) is 0 Å². The molecule has 0 radical (unpaired) electrons. The first kappa shape index (κ1) is 35.7. The summed E-state index contributed by atoms with van der Waals surface area (Å²) in [5.41, 5.74) is 14.6. The molecule has 56 heavy (non-hydrogen) atoms. The van der Waals surface area contributed by atoms with Crippen molar-refractivity contribution in [1.29, 1.82) is 0 Å². The summed E-state index contributed by atoms with van der Waals surface area (Å²) in [6, 6.07) is 49.9. The van der Waals surface area contributed by atoms with E-state index in [2.05, 4.69) is 194 Å². The van der Waals surface area contributed by atoms with Gasteiger partial charge >= 0.3 is 7.12 Å². The molecule has 1 aliphatic heterocycles. The Kier molecular flexibility index (Phi) is 7.90. The van der Waals surface area contributed by atoms with E-state index in [4.69, 9.17) is 9.31 Å². The molecule has 0 N–H and O–H groups in total. The molecule has 0 atom stereocenters. The first-order valence-corrected chi connectivity index (χ1v) is 21.3. The van der Waals surface area contributed by atoms with Gasteiger partial charge in [-0.3, -0.25) is 0 Å². The van der Waals surface area contributed by atoms with Crippen LogP contribution < -0.4 is 9.68 Å². The number of nitrogens with zero attached hydrogens (tertiary/aromatic N) is 1. The minimum absolute atomic E-state index is 0.0937. The quantitative estimate of drug-likeness (QED) is 0.157. The number of rotatable bonds is 6. The maximum Gasteiger partial charge on any atom is 0.505 e. The van der Waals surface area contributed by atoms with Gasteiger partial charge in [-0.15, -0.1) is 22.7 Å². The maximum atomic E-state index is 6.35. The van der Waals surface area contributed by atoms with Gasteiger partial charge in [0.15, 0.2) is 0 Å². The van der Waals surface area contributed by atoms with Crippen LogP contribution in [-0.2, 0) is 20.1 Å². The highest BCUT2D eigenvalue weighted by Gasteiger charge is 2.52. The summed E-state index contributed by atoms with van der Waals surface area (Å²) >= 11 is 3.59. The Bertz CT molecular complexity index is 2560. The Morgan fingerprint density at radius 3 is 1.43 bits per heavy atom. The topological polar surface area (TPSA) is 21.7 Å². The fourth-order valence-corrected chi connectivity index (χ4v) is 11.2. The summed E-state index contributed by atoms with van der Waals surface area (Å²) in [5.74, 6) is 0. The molecule has 0 amide bonds. The fraction of sp³-hybridized carbons (Fsp3) is 0.240. The third-order valence-corrected chi connectivity index (χ3v) is 15.5. The lowest BCUT2D eigenvalue weighted by molar-refractivity contribution is 0.00578. The first-order chi connectivity index (χ1) is 26.7. The molecule has 6 heteroatoms. The van der Waals surface area contributed by atoms with Crippen LogP contribution in [0.1, 0.15) is 77.6 Å². The van der Waals surface area contributed by atoms with Crippen molar-refractivity contribution >= 4 is 51.6 Å². The van der Waals surface area contributed by atoms with Gasteiger partial charge in [-0.05, 0) is 132 Å². The molecule has 0 unspecified atom stereocenters. The van der Waals surface area contributed by atoms with Gasteiger partial charge in [-0.2, -0.15) is 0 Å². The standard InChI is InChI=1S/C50H46BNO2S2/c1-47(2)39-15-11-9-13-35(39)37-23-21-33(29-41(37)47)52(34-22-24-38-36-14-10-12-16-40(36)48(3,4)42(38)30-34)32-19-17-31(18-20-32)43-25-26-44(55-43)45-27-28-46(56-45)51-53-49(5,6)50(7,8)54-51/h9-30H,1-8H3. The van der Waals surface area contributed by atoms with E-state index in [9.17, 15) is 0 Å². The Morgan fingerprint density at radius 1 is 0.429 bits per heavy atom. The molecule has 3 nitrogen and oxygen atoms in total. The molecule has 278 valence electrons. The summed E-state index contributed by atoms with van der Waals surface area (Å²) in [6.07, 6.45) is 0. The average molecular weight is 768 g/mol. The zero-order chi connectivity index (χ0) is 38.8. The molecule has 1 fully saturated rings. The van der Waals surface area contributed by atoms with Crippen LogP contribution in [0.5, 0.6) is 0 Å². The van der Waals surface area contributed by atoms with Gasteiger partial charge in [0, 0.05) is 47.3 Å². The third kappa shape index (κ3) is 5.37. The predicted molar refractivity (Wildman–Crippen MR) is 239 cm³/mol. The van der Waals surface area contributed by atoms with Gasteiger partial charge in [0.25, 0.3) is 0 Å². The van der Waals surface area contributed by atoms with Gasteiger partial charge in [-0.25, -0.2) is 0 Å². The zero-order valence-corrected chi connectivity index (χ0v) is 35.0. The number of hydrogen-bond acceptors (Lipinski definition) is 5. The molecular weight excluding hydrogens is 722 g/mol. The van der Waals surface area contributed by atoms with E-state index in [1.165, 1.54) is 76.1 Å². The Labute approximate surface area is 339 Å². The molecule has 10 rings (SSSR count). The summed E-state index contributed by atoms with van der Waals surface area (Å²) in [4.78, 5) is 6.18. The van der Waals surface area contributed by atoms with E-state index in [0.29, 0.717) is 0 Å². The highest BCUT2D eigenvalue weighted by atomic mass is 32.1. The molecule has 0 bridgehead atoms. The van der Waals surface area contributed by atoms with Gasteiger partial charge in [0.05, 0.1) is 11.2 Å². The molecule has 3 heterocycles. The molecule has 1 saturated heterocycles. The molecule has 7 aromatic rings. The van der Waals surface area contributed by atoms with Crippen LogP contribution >= 0.6 is 22.7 Å². The van der Waals surface area contributed by atoms with Crippen LogP contribution in [0, 0.1) is 0 Å². The molecule has 2 aromatic heterocycles. The van der Waals surface area contributed by atoms with Crippen LogP contribution in [0.15, 0.2) is 133 Å². The molecule has 0 spiro atoms. The average Bonchev–Trinajstić information content (AvgIpc) is 3.99. The molecule has 2 aliphatic carbocycles. The molecule has 5 aromatic carbocycles. The van der Waals surface area contributed by atoms with Crippen LogP contribution in [-0.4, -0.2) is 18.3 Å². The second kappa shape index (κ2) is 12.4. The maximum absolute atomic E-state index is 6.35. The van der Waals surface area contributed by atoms with Crippen LogP contribution in [0.25, 0.3) is 42.4 Å². The fourth-order valence-electron chi connectivity index (χ4n) is 9.08. The van der Waals surface area contributed by atoms with E-state index in [-0.39, 0.29) is 29.2 Å². The minimum atomic E-state index is -0.356. The number of thiophene rings is 2. The predicted octanol–water partition coefficient (Wildman–Crippen LogP) is 13.5. The van der Waals surface area contributed by atoms with Crippen molar-refractivity contribution in [2.24, 2.45) is 0 Å². The van der Waals surface area contributed by atoms with Crippen molar-refractivity contribution in [3.05, 3.63) is 156 Å². The van der Waals surface area contributed by atoms with Gasteiger partial charge in [0.1, 0.15) is 0 Å². The second-order valence-corrected chi connectivity index (χ2v) is 19.8. The number of fused-ring (bicyclic) bond motifs is 6. The number of benzene rings is 5. The molecular formula is C50H46BNO2S2. The summed E-state index contributed by atoms with van der Waals surface area (Å²) in [7, 11) is -0.340. The van der Waals surface area contributed by atoms with Crippen molar-refractivity contribution in [2.45, 2.75) is 77.4 Å². The zero-order valence-electron chi connectivity index (χ0n) is 33.4. The van der Waals surface area contributed by atoms with Crippen LogP contribution in [0.4, 0.5) is 17.1 Å². The van der Waals surface area contributed by atoms with Crippen LogP contribution in [0.3, 0.4) is 0 Å². The summed E-state index contributed by atoms with van der Waals surface area (Å²) in [5, 5.41) is 0. The van der Waals surface area contributed by atoms with Crippen LogP contribution in [0.2, 0.25) is 0 Å². The molecule has 3 aliphatic rings. The van der Waals surface area contributed by atoms with E-state index >= 15 is 0 Å². The Balaban J connectivity index is 1.01. The van der Waals surface area contributed by atoms with E-state index in [1.807, 2.05) is 11.3 Å². The second-order valence-electron chi connectivity index (χ2n) is 17.6. The highest BCUT2D eigenvalue weighted by Crippen LogP contribution is 2.53. The minimum Gasteiger partial charge on any atom is -0.399 e. The third-order valence-electron chi connectivity index (χ3n) is 13.0. The summed E-state index contributed by atoms with van der Waals surface area (Å²) in [6.45, 7) is 17.9. The first-order valence-electron chi connectivity index (χ1n) is 19.7. The largest absolute Gasteiger partial charge is 0.505 e. The van der Waals surface area contributed by atoms with E-state index in [1.54, 1.807) is 11.3 Å². The van der Waals surface area contributed by atoms with E-state index < -0.39 is 0 Å². The smallest absolute Gasteiger partial charge is 0.399 e. The van der Waals surface area contributed by atoms with Crippen molar-refractivity contribution in [2.75, 3.05) is 4.90 Å². The highest BCUT2D eigenvalue weighted by molar-refractivity contribution is 7.28. The number of anilines is 3. The lowest BCUT2D eigenvalue weighted by atomic mass is 9.82. The van der Waals surface area contributed by atoms with Gasteiger partial charge < -0.3 is 14.2 Å². The van der Waals surface area contributed by atoms with Crippen molar-refractivity contribution in [3.8, 4) is 42.4 Å². The SMILES string of the molecule is CC1(C)c2ccccc2-c2ccc(N(c3ccc(-c4ccc(-c5ccc(B6OC(C)(C)C(C)(C)O6)s5)s4)cc3)c3ccc4c(c3)C(C)(C)c3ccccc3-4)cc21. The Morgan fingerprint density at radius 2 is 0.875 bits per heavy atom. The van der Waals surface area contributed by atoms with Crippen molar-refractivity contribution in [3.63, 3.8) is 0 Å². The van der Waals surface area contributed by atoms with Gasteiger partial charge in [-0.1, -0.05) is 107 Å². The lowest BCUT2D eigenvalue weighted by Gasteiger charge is -2.32. The monoisotopic (exact) mass is 767 g/mol. The van der Waals surface area contributed by atoms with Gasteiger partial charge in [0.2, 0.25) is 0 Å². The molecule has 0 saturated carbocycles.